The molecule has 0 aromatic rings. The number of morpholine rings is 1. The molecule has 2 aliphatic rings. The highest BCUT2D eigenvalue weighted by molar-refractivity contribution is 5.00. The molecular formula is C15H29NO. The first-order chi connectivity index (χ1) is 7.91. The topological polar surface area (TPSA) is 21.3 Å². The fourth-order valence-corrected chi connectivity index (χ4v) is 3.64. The van der Waals surface area contributed by atoms with E-state index in [9.17, 15) is 0 Å². The van der Waals surface area contributed by atoms with Crippen LogP contribution in [0.15, 0.2) is 0 Å². The molecule has 2 nitrogen and oxygen atoms in total. The Bertz CT molecular complexity index is 254. The lowest BCUT2D eigenvalue weighted by atomic mass is 9.70. The maximum Gasteiger partial charge on any atom is 0.0838 e. The number of ether oxygens (including phenoxy) is 1. The van der Waals surface area contributed by atoms with Crippen molar-refractivity contribution in [3.05, 3.63) is 0 Å². The van der Waals surface area contributed by atoms with E-state index in [0.717, 1.165) is 19.1 Å². The Hall–Kier alpha value is -0.0800. The van der Waals surface area contributed by atoms with E-state index in [2.05, 4.69) is 33.0 Å². The average Bonchev–Trinajstić information content (AvgIpc) is 2.20. The van der Waals surface area contributed by atoms with Gasteiger partial charge in [0.1, 0.15) is 0 Å². The summed E-state index contributed by atoms with van der Waals surface area (Å²) in [6.07, 6.45) is 6.45. The molecule has 17 heavy (non-hydrogen) atoms. The molecule has 1 heterocycles. The largest absolute Gasteiger partial charge is 0.372 e. The lowest BCUT2D eigenvalue weighted by molar-refractivity contribution is -0.133. The van der Waals surface area contributed by atoms with E-state index in [1.54, 1.807) is 0 Å². The molecule has 1 saturated heterocycles. The maximum atomic E-state index is 6.27. The highest BCUT2D eigenvalue weighted by Crippen LogP contribution is 2.41. The highest BCUT2D eigenvalue weighted by atomic mass is 16.5. The van der Waals surface area contributed by atoms with Crippen molar-refractivity contribution in [1.82, 2.24) is 5.32 Å². The van der Waals surface area contributed by atoms with Crippen LogP contribution in [0.2, 0.25) is 0 Å². The minimum absolute atomic E-state index is 0.142. The molecule has 0 bridgehead atoms. The Morgan fingerprint density at radius 1 is 1.35 bits per heavy atom. The Morgan fingerprint density at radius 2 is 2.12 bits per heavy atom. The van der Waals surface area contributed by atoms with Gasteiger partial charge in [0.2, 0.25) is 0 Å². The summed E-state index contributed by atoms with van der Waals surface area (Å²) in [4.78, 5) is 0. The van der Waals surface area contributed by atoms with E-state index in [1.165, 1.54) is 32.1 Å². The summed E-state index contributed by atoms with van der Waals surface area (Å²) < 4.78 is 6.27. The molecule has 0 aromatic carbocycles. The van der Waals surface area contributed by atoms with Gasteiger partial charge in [-0.1, -0.05) is 40.5 Å². The minimum atomic E-state index is 0.142. The fraction of sp³-hybridized carbons (Fsp3) is 1.00. The van der Waals surface area contributed by atoms with Gasteiger partial charge in [-0.05, 0) is 30.6 Å². The Balaban J connectivity index is 2.10. The average molecular weight is 239 g/mol. The first-order valence-electron chi connectivity index (χ1n) is 7.29. The van der Waals surface area contributed by atoms with Gasteiger partial charge < -0.3 is 10.1 Å². The van der Waals surface area contributed by atoms with Crippen molar-refractivity contribution in [3.8, 4) is 0 Å². The molecule has 0 aromatic heterocycles. The van der Waals surface area contributed by atoms with Crippen LogP contribution in [0.1, 0.15) is 59.8 Å². The second-order valence-electron chi connectivity index (χ2n) is 7.39. The lowest BCUT2D eigenvalue weighted by Crippen LogP contribution is -2.60. The molecule has 2 fully saturated rings. The third-order valence-electron chi connectivity index (χ3n) is 4.32. The first kappa shape index (κ1) is 13.4. The zero-order chi connectivity index (χ0) is 12.5. The Morgan fingerprint density at radius 3 is 2.76 bits per heavy atom. The predicted octanol–water partition coefficient (Wildman–Crippen LogP) is 3.36. The quantitative estimate of drug-likeness (QED) is 0.757. The third-order valence-corrected chi connectivity index (χ3v) is 4.32. The minimum Gasteiger partial charge on any atom is -0.372 e. The highest BCUT2D eigenvalue weighted by Gasteiger charge is 2.45. The lowest BCUT2D eigenvalue weighted by Gasteiger charge is -2.50. The normalized spacial score (nSPS) is 39.5. The van der Waals surface area contributed by atoms with Crippen LogP contribution in [-0.4, -0.2) is 24.8 Å². The van der Waals surface area contributed by atoms with Gasteiger partial charge in [-0.15, -0.1) is 0 Å². The van der Waals surface area contributed by atoms with Crippen LogP contribution in [0, 0.1) is 11.3 Å². The molecule has 3 atom stereocenters. The molecule has 0 amide bonds. The van der Waals surface area contributed by atoms with Crippen molar-refractivity contribution < 1.29 is 4.74 Å². The summed E-state index contributed by atoms with van der Waals surface area (Å²) in [5, 5.41) is 3.73. The molecule has 2 heteroatoms. The van der Waals surface area contributed by atoms with Crippen LogP contribution >= 0.6 is 0 Å². The first-order valence-corrected chi connectivity index (χ1v) is 7.29. The molecule has 1 saturated carbocycles. The number of hydrogen-bond acceptors (Lipinski definition) is 2. The van der Waals surface area contributed by atoms with Crippen molar-refractivity contribution in [2.75, 3.05) is 13.2 Å². The van der Waals surface area contributed by atoms with E-state index >= 15 is 0 Å². The summed E-state index contributed by atoms with van der Waals surface area (Å²) in [5.74, 6) is 0.825. The molecule has 1 aliphatic heterocycles. The maximum absolute atomic E-state index is 6.27. The van der Waals surface area contributed by atoms with Crippen LogP contribution < -0.4 is 5.32 Å². The predicted molar refractivity (Wildman–Crippen MR) is 72.2 cm³/mol. The van der Waals surface area contributed by atoms with E-state index in [4.69, 9.17) is 4.74 Å². The van der Waals surface area contributed by atoms with Crippen LogP contribution in [0.5, 0.6) is 0 Å². The molecule has 2 rings (SSSR count). The van der Waals surface area contributed by atoms with Gasteiger partial charge in [-0.2, -0.15) is 0 Å². The van der Waals surface area contributed by atoms with E-state index < -0.39 is 0 Å². The number of nitrogens with one attached hydrogen (secondary N) is 1. The SMILES string of the molecule is CC1CCCC2(C1)OCCNC2CC(C)(C)C. The van der Waals surface area contributed by atoms with Crippen molar-refractivity contribution in [2.24, 2.45) is 11.3 Å². The summed E-state index contributed by atoms with van der Waals surface area (Å²) >= 11 is 0. The van der Waals surface area contributed by atoms with Gasteiger partial charge in [0.05, 0.1) is 12.2 Å². The van der Waals surface area contributed by atoms with Crippen molar-refractivity contribution in [2.45, 2.75) is 71.4 Å². The molecule has 0 radical (unpaired) electrons. The zero-order valence-electron chi connectivity index (χ0n) is 12.0. The summed E-state index contributed by atoms with van der Waals surface area (Å²) in [5.41, 5.74) is 0.523. The van der Waals surface area contributed by atoms with E-state index in [-0.39, 0.29) is 5.60 Å². The second kappa shape index (κ2) is 4.89. The molecule has 1 N–H and O–H groups in total. The molecular weight excluding hydrogens is 210 g/mol. The number of rotatable bonds is 1. The van der Waals surface area contributed by atoms with Gasteiger partial charge in [0, 0.05) is 12.6 Å². The van der Waals surface area contributed by atoms with Gasteiger partial charge in [-0.25, -0.2) is 0 Å². The summed E-state index contributed by atoms with van der Waals surface area (Å²) in [7, 11) is 0. The Labute approximate surface area is 107 Å². The van der Waals surface area contributed by atoms with Crippen LogP contribution in [0.3, 0.4) is 0 Å². The van der Waals surface area contributed by atoms with Gasteiger partial charge >= 0.3 is 0 Å². The smallest absolute Gasteiger partial charge is 0.0838 e. The van der Waals surface area contributed by atoms with Gasteiger partial charge in [-0.3, -0.25) is 0 Å². The van der Waals surface area contributed by atoms with E-state index in [0.29, 0.717) is 11.5 Å². The zero-order valence-corrected chi connectivity index (χ0v) is 12.0. The molecule has 3 unspecified atom stereocenters. The third kappa shape index (κ3) is 3.23. The number of hydrogen-bond donors (Lipinski definition) is 1. The van der Waals surface area contributed by atoms with E-state index in [1.807, 2.05) is 0 Å². The molecule has 100 valence electrons. The second-order valence-corrected chi connectivity index (χ2v) is 7.39. The molecule has 1 spiro atoms. The van der Waals surface area contributed by atoms with Crippen molar-refractivity contribution in [1.29, 1.82) is 0 Å². The monoisotopic (exact) mass is 239 g/mol. The van der Waals surface area contributed by atoms with Crippen molar-refractivity contribution >= 4 is 0 Å². The van der Waals surface area contributed by atoms with Crippen LogP contribution in [0.25, 0.3) is 0 Å². The molecule has 1 aliphatic carbocycles. The van der Waals surface area contributed by atoms with Crippen LogP contribution in [0.4, 0.5) is 0 Å². The Kier molecular flexibility index (Phi) is 3.84. The van der Waals surface area contributed by atoms with Crippen LogP contribution in [-0.2, 0) is 4.74 Å². The fourth-order valence-electron chi connectivity index (χ4n) is 3.64. The van der Waals surface area contributed by atoms with Gasteiger partial charge in [0.15, 0.2) is 0 Å². The standard InChI is InChI=1S/C15H29NO/c1-12-6-5-7-15(10-12)13(11-14(2,3)4)16-8-9-17-15/h12-13,16H,5-11H2,1-4H3. The summed E-state index contributed by atoms with van der Waals surface area (Å²) in [6.45, 7) is 11.3. The summed E-state index contributed by atoms with van der Waals surface area (Å²) in [6, 6.07) is 0.555. The van der Waals surface area contributed by atoms with Crippen molar-refractivity contribution in [3.63, 3.8) is 0 Å². The van der Waals surface area contributed by atoms with Gasteiger partial charge in [0.25, 0.3) is 0 Å².